The highest BCUT2D eigenvalue weighted by molar-refractivity contribution is 7.18. The number of nitrogens with one attached hydrogen (secondary N) is 1. The van der Waals surface area contributed by atoms with Gasteiger partial charge in [-0.25, -0.2) is 4.98 Å². The van der Waals surface area contributed by atoms with Gasteiger partial charge in [-0.1, -0.05) is 23.7 Å². The highest BCUT2D eigenvalue weighted by Crippen LogP contribution is 2.34. The molecule has 0 spiro atoms. The van der Waals surface area contributed by atoms with E-state index in [1.54, 1.807) is 29.5 Å². The fraction of sp³-hybridized carbons (Fsp3) is 0.250. The zero-order chi connectivity index (χ0) is 19.5. The lowest BCUT2D eigenvalue weighted by Gasteiger charge is -2.29. The topological polar surface area (TPSA) is 71.5 Å². The highest BCUT2D eigenvalue weighted by atomic mass is 35.5. The fourth-order valence-corrected chi connectivity index (χ4v) is 4.22. The lowest BCUT2D eigenvalue weighted by molar-refractivity contribution is -0.125. The summed E-state index contributed by atoms with van der Waals surface area (Å²) in [6, 6.07) is 13.1. The predicted octanol–water partition coefficient (Wildman–Crippen LogP) is 3.42. The van der Waals surface area contributed by atoms with Crippen molar-refractivity contribution in [2.45, 2.75) is 12.8 Å². The van der Waals surface area contributed by atoms with Crippen molar-refractivity contribution in [3.05, 3.63) is 52.5 Å². The second-order valence-electron chi connectivity index (χ2n) is 6.41. The molecular weight excluding hydrogens is 398 g/mol. The lowest BCUT2D eigenvalue weighted by atomic mass is 10.2. The molecule has 1 aliphatic rings. The summed E-state index contributed by atoms with van der Waals surface area (Å²) in [7, 11) is 0. The molecule has 0 atom stereocenters. The van der Waals surface area contributed by atoms with Crippen LogP contribution in [0.25, 0.3) is 10.2 Å². The maximum Gasteiger partial charge on any atom is 0.265 e. The van der Waals surface area contributed by atoms with Crippen LogP contribution in [-0.4, -0.2) is 36.5 Å². The van der Waals surface area contributed by atoms with Gasteiger partial charge in [0.1, 0.15) is 12.3 Å². The summed E-state index contributed by atoms with van der Waals surface area (Å²) in [5.41, 5.74) is 1.53. The summed E-state index contributed by atoms with van der Waals surface area (Å²) < 4.78 is 6.56. The van der Waals surface area contributed by atoms with Gasteiger partial charge in [0, 0.05) is 18.0 Å². The fourth-order valence-electron chi connectivity index (χ4n) is 3.04. The van der Waals surface area contributed by atoms with E-state index in [2.05, 4.69) is 16.4 Å². The van der Waals surface area contributed by atoms with Crippen molar-refractivity contribution in [1.29, 1.82) is 0 Å². The van der Waals surface area contributed by atoms with Crippen molar-refractivity contribution >= 4 is 50.7 Å². The highest BCUT2D eigenvalue weighted by Gasteiger charge is 2.27. The number of thiazole rings is 1. The molecule has 0 radical (unpaired) electrons. The molecule has 0 saturated heterocycles. The third-order valence-electron chi connectivity index (χ3n) is 4.39. The minimum atomic E-state index is -0.264. The second-order valence-corrected chi connectivity index (χ2v) is 7.96. The number of hydrogen-bond acceptors (Lipinski definition) is 5. The Morgan fingerprint density at radius 3 is 3.00 bits per heavy atom. The quantitative estimate of drug-likeness (QED) is 0.626. The number of halogens is 1. The van der Waals surface area contributed by atoms with E-state index < -0.39 is 0 Å². The van der Waals surface area contributed by atoms with Crippen LogP contribution in [0.5, 0.6) is 5.75 Å². The zero-order valence-electron chi connectivity index (χ0n) is 15.0. The van der Waals surface area contributed by atoms with Crippen molar-refractivity contribution in [3.63, 3.8) is 0 Å². The van der Waals surface area contributed by atoms with Gasteiger partial charge in [-0.15, -0.1) is 11.3 Å². The number of carbonyl (C=O) groups is 2. The molecule has 0 unspecified atom stereocenters. The van der Waals surface area contributed by atoms with E-state index in [4.69, 9.17) is 16.3 Å². The van der Waals surface area contributed by atoms with Gasteiger partial charge in [-0.2, -0.15) is 0 Å². The van der Waals surface area contributed by atoms with Crippen molar-refractivity contribution < 1.29 is 14.3 Å². The second kappa shape index (κ2) is 8.16. The molecule has 0 fully saturated rings. The van der Waals surface area contributed by atoms with Crippen LogP contribution in [0.3, 0.4) is 0 Å². The zero-order valence-corrected chi connectivity index (χ0v) is 16.6. The predicted molar refractivity (Wildman–Crippen MR) is 110 cm³/mol. The third kappa shape index (κ3) is 4.10. The number of anilines is 1. The van der Waals surface area contributed by atoms with Crippen LogP contribution < -0.4 is 15.0 Å². The Hall–Kier alpha value is -2.64. The van der Waals surface area contributed by atoms with E-state index in [1.165, 1.54) is 9.60 Å². The molecule has 144 valence electrons. The third-order valence-corrected chi connectivity index (χ3v) is 5.72. The van der Waals surface area contributed by atoms with E-state index in [9.17, 15) is 9.59 Å². The number of nitrogens with zero attached hydrogens (tertiary/aromatic N) is 2. The van der Waals surface area contributed by atoms with Gasteiger partial charge >= 0.3 is 0 Å². The van der Waals surface area contributed by atoms with E-state index in [-0.39, 0.29) is 25.0 Å². The maximum absolute atomic E-state index is 12.3. The van der Waals surface area contributed by atoms with Crippen molar-refractivity contribution in [2.75, 3.05) is 24.6 Å². The summed E-state index contributed by atoms with van der Waals surface area (Å²) in [5.74, 6) is 0.0671. The Bertz CT molecular complexity index is 1000. The SMILES string of the molecule is O=C(CN1C(=O)COc2ccc(Cl)cc21)NCCCc1nc2ccccc2s1. The summed E-state index contributed by atoms with van der Waals surface area (Å²) in [6.45, 7) is 0.381. The van der Waals surface area contributed by atoms with Gasteiger partial charge in [-0.3, -0.25) is 14.5 Å². The van der Waals surface area contributed by atoms with Crippen LogP contribution in [0.4, 0.5) is 5.69 Å². The average molecular weight is 416 g/mol. The van der Waals surface area contributed by atoms with E-state index >= 15 is 0 Å². The molecule has 8 heteroatoms. The Morgan fingerprint density at radius 1 is 1.29 bits per heavy atom. The summed E-state index contributed by atoms with van der Waals surface area (Å²) >= 11 is 7.69. The van der Waals surface area contributed by atoms with Crippen LogP contribution in [0.15, 0.2) is 42.5 Å². The first-order chi connectivity index (χ1) is 13.6. The Kier molecular flexibility index (Phi) is 5.45. The van der Waals surface area contributed by atoms with E-state index in [1.807, 2.05) is 18.2 Å². The maximum atomic E-state index is 12.3. The van der Waals surface area contributed by atoms with E-state index in [0.29, 0.717) is 23.0 Å². The van der Waals surface area contributed by atoms with Crippen molar-refractivity contribution in [3.8, 4) is 5.75 Å². The summed E-state index contributed by atoms with van der Waals surface area (Å²) in [6.07, 6.45) is 1.58. The van der Waals surface area contributed by atoms with Gasteiger partial charge in [0.2, 0.25) is 5.91 Å². The van der Waals surface area contributed by atoms with Crippen molar-refractivity contribution in [1.82, 2.24) is 10.3 Å². The minimum absolute atomic E-state index is 0.0589. The molecule has 2 heterocycles. The van der Waals surface area contributed by atoms with Crippen LogP contribution in [0.1, 0.15) is 11.4 Å². The van der Waals surface area contributed by atoms with Crippen LogP contribution >= 0.6 is 22.9 Å². The van der Waals surface area contributed by atoms with Crippen LogP contribution in [0, 0.1) is 0 Å². The number of hydrogen-bond donors (Lipinski definition) is 1. The van der Waals surface area contributed by atoms with Crippen LogP contribution in [-0.2, 0) is 16.0 Å². The number of rotatable bonds is 6. The molecule has 2 amide bonds. The number of aromatic nitrogens is 1. The lowest BCUT2D eigenvalue weighted by Crippen LogP contribution is -2.45. The molecule has 1 aromatic heterocycles. The number of aryl methyl sites for hydroxylation is 1. The van der Waals surface area contributed by atoms with Gasteiger partial charge in [0.05, 0.1) is 20.9 Å². The molecule has 0 bridgehead atoms. The Labute approximate surface area is 171 Å². The molecule has 2 aromatic carbocycles. The molecule has 4 rings (SSSR count). The number of para-hydroxylation sites is 1. The first-order valence-corrected chi connectivity index (χ1v) is 10.1. The summed E-state index contributed by atoms with van der Waals surface area (Å²) in [4.78, 5) is 30.5. The number of carbonyl (C=O) groups excluding carboxylic acids is 2. The standard InChI is InChI=1S/C20H18ClN3O3S/c21-13-7-8-16-15(10-13)24(20(26)12-27-16)11-18(25)22-9-3-6-19-23-14-4-1-2-5-17(14)28-19/h1-2,4-5,7-8,10H,3,6,9,11-12H2,(H,22,25). The number of ether oxygens (including phenoxy) is 1. The van der Waals surface area contributed by atoms with Crippen molar-refractivity contribution in [2.24, 2.45) is 0 Å². The van der Waals surface area contributed by atoms with Gasteiger partial charge in [0.25, 0.3) is 5.91 Å². The smallest absolute Gasteiger partial charge is 0.265 e. The van der Waals surface area contributed by atoms with Crippen LogP contribution in [0.2, 0.25) is 5.02 Å². The molecule has 0 aliphatic carbocycles. The minimum Gasteiger partial charge on any atom is -0.482 e. The molecule has 28 heavy (non-hydrogen) atoms. The van der Waals surface area contributed by atoms with Gasteiger partial charge in [-0.05, 0) is 36.8 Å². The summed E-state index contributed by atoms with van der Waals surface area (Å²) in [5, 5.41) is 4.41. The van der Waals surface area contributed by atoms with Gasteiger partial charge < -0.3 is 10.1 Å². The molecule has 1 N–H and O–H groups in total. The first kappa shape index (κ1) is 18.7. The largest absolute Gasteiger partial charge is 0.482 e. The number of fused-ring (bicyclic) bond motifs is 2. The Morgan fingerprint density at radius 2 is 2.14 bits per heavy atom. The van der Waals surface area contributed by atoms with Gasteiger partial charge in [0.15, 0.2) is 6.61 Å². The molecular formula is C20H18ClN3O3S. The number of benzene rings is 2. The molecule has 1 aliphatic heterocycles. The van der Waals surface area contributed by atoms with E-state index in [0.717, 1.165) is 23.4 Å². The monoisotopic (exact) mass is 415 g/mol. The first-order valence-electron chi connectivity index (χ1n) is 8.94. The molecule has 0 saturated carbocycles. The Balaban J connectivity index is 1.30. The number of amides is 2. The normalized spacial score (nSPS) is 13.3. The molecule has 6 nitrogen and oxygen atoms in total. The molecule has 3 aromatic rings. The average Bonchev–Trinajstić information content (AvgIpc) is 3.10.